The number of aromatic nitrogens is 2. The molecule has 10 nitrogen and oxygen atoms in total. The maximum Gasteiger partial charge on any atom is 0.353 e. The van der Waals surface area contributed by atoms with Crippen LogP contribution < -0.4 is 20.9 Å². The number of nitrogens with one attached hydrogen (secondary N) is 2. The molecule has 0 aliphatic heterocycles. The van der Waals surface area contributed by atoms with E-state index in [1.807, 2.05) is 18.0 Å². The Balaban J connectivity index is 1.74. The molecule has 0 bridgehead atoms. The lowest BCUT2D eigenvalue weighted by Gasteiger charge is -2.19. The van der Waals surface area contributed by atoms with Crippen molar-refractivity contribution in [1.82, 2.24) is 15.6 Å². The SMILES string of the molecule is C=C(C)C(=O)OCCN(C)c1ccc([NH+]=C(N)NC(=O)c2ccccc2)c2nonc12. The van der Waals surface area contributed by atoms with Gasteiger partial charge in [0.1, 0.15) is 12.3 Å². The molecule has 3 rings (SSSR count). The number of ether oxygens (including phenoxy) is 1. The summed E-state index contributed by atoms with van der Waals surface area (Å²) in [5.41, 5.74) is 8.91. The van der Waals surface area contributed by atoms with Crippen LogP contribution in [0.2, 0.25) is 0 Å². The van der Waals surface area contributed by atoms with Gasteiger partial charge in [0.05, 0.1) is 17.8 Å². The Morgan fingerprint density at radius 3 is 2.61 bits per heavy atom. The molecule has 2 aromatic carbocycles. The number of hydrogen-bond donors (Lipinski definition) is 3. The topological polar surface area (TPSA) is 138 Å². The largest absolute Gasteiger partial charge is 0.460 e. The maximum absolute atomic E-state index is 12.2. The van der Waals surface area contributed by atoms with Gasteiger partial charge in [-0.05, 0) is 41.5 Å². The Hall–Kier alpha value is -4.21. The Morgan fingerprint density at radius 2 is 1.90 bits per heavy atom. The molecular weight excluding hydrogens is 400 g/mol. The van der Waals surface area contributed by atoms with Crippen molar-refractivity contribution in [2.75, 3.05) is 25.1 Å². The van der Waals surface area contributed by atoms with Gasteiger partial charge in [-0.2, -0.15) is 0 Å². The van der Waals surface area contributed by atoms with Crippen LogP contribution in [0.1, 0.15) is 17.3 Å². The van der Waals surface area contributed by atoms with Crippen molar-refractivity contribution in [3.63, 3.8) is 0 Å². The van der Waals surface area contributed by atoms with E-state index in [4.69, 9.17) is 15.1 Å². The van der Waals surface area contributed by atoms with Crippen LogP contribution in [-0.4, -0.2) is 48.3 Å². The fourth-order valence-electron chi connectivity index (χ4n) is 2.74. The van der Waals surface area contributed by atoms with Crippen LogP contribution in [0.5, 0.6) is 0 Å². The Labute approximate surface area is 178 Å². The second-order valence-electron chi connectivity index (χ2n) is 6.79. The van der Waals surface area contributed by atoms with Gasteiger partial charge in [0.2, 0.25) is 0 Å². The molecule has 31 heavy (non-hydrogen) atoms. The number of esters is 1. The third-order valence-electron chi connectivity index (χ3n) is 4.37. The van der Waals surface area contributed by atoms with Crippen LogP contribution >= 0.6 is 0 Å². The highest BCUT2D eigenvalue weighted by Crippen LogP contribution is 2.26. The summed E-state index contributed by atoms with van der Waals surface area (Å²) in [4.78, 5) is 28.5. The van der Waals surface area contributed by atoms with Crippen LogP contribution in [0.15, 0.2) is 59.2 Å². The number of benzene rings is 2. The van der Waals surface area contributed by atoms with E-state index in [1.165, 1.54) is 0 Å². The summed E-state index contributed by atoms with van der Waals surface area (Å²) < 4.78 is 10.0. The van der Waals surface area contributed by atoms with Gasteiger partial charge >= 0.3 is 17.8 Å². The van der Waals surface area contributed by atoms with Gasteiger partial charge in [0.15, 0.2) is 11.0 Å². The number of guanidine groups is 1. The van der Waals surface area contributed by atoms with Crippen LogP contribution in [0.25, 0.3) is 11.0 Å². The van der Waals surface area contributed by atoms with Crippen molar-refractivity contribution in [3.05, 3.63) is 60.2 Å². The first-order valence-corrected chi connectivity index (χ1v) is 9.41. The highest BCUT2D eigenvalue weighted by Gasteiger charge is 2.17. The predicted octanol–water partition coefficient (Wildman–Crippen LogP) is 0.235. The minimum atomic E-state index is -0.440. The minimum absolute atomic E-state index is 0.0333. The van der Waals surface area contributed by atoms with E-state index >= 15 is 0 Å². The monoisotopic (exact) mass is 423 g/mol. The van der Waals surface area contributed by atoms with Gasteiger partial charge in [0, 0.05) is 12.6 Å². The molecule has 0 aliphatic carbocycles. The Bertz CT molecular complexity index is 1140. The van der Waals surface area contributed by atoms with E-state index in [1.54, 1.807) is 43.3 Å². The van der Waals surface area contributed by atoms with E-state index in [9.17, 15) is 9.59 Å². The lowest BCUT2D eigenvalue weighted by Crippen LogP contribution is -2.74. The first-order chi connectivity index (χ1) is 14.9. The Morgan fingerprint density at radius 1 is 1.19 bits per heavy atom. The van der Waals surface area contributed by atoms with Gasteiger partial charge in [-0.1, -0.05) is 24.8 Å². The summed E-state index contributed by atoms with van der Waals surface area (Å²) in [6.07, 6.45) is 0. The molecule has 1 amide bonds. The molecule has 1 heterocycles. The number of anilines is 1. The van der Waals surface area contributed by atoms with Crippen molar-refractivity contribution in [1.29, 1.82) is 0 Å². The smallest absolute Gasteiger partial charge is 0.353 e. The summed E-state index contributed by atoms with van der Waals surface area (Å²) in [6, 6.07) is 12.2. The van der Waals surface area contributed by atoms with Gasteiger partial charge in [0.25, 0.3) is 0 Å². The number of nitrogens with zero attached hydrogens (tertiary/aromatic N) is 3. The first-order valence-electron chi connectivity index (χ1n) is 9.41. The van der Waals surface area contributed by atoms with Gasteiger partial charge < -0.3 is 9.64 Å². The van der Waals surface area contributed by atoms with E-state index in [0.717, 1.165) is 5.69 Å². The normalized spacial score (nSPS) is 11.2. The van der Waals surface area contributed by atoms with Crippen LogP contribution in [0, 0.1) is 0 Å². The summed E-state index contributed by atoms with van der Waals surface area (Å²) >= 11 is 0. The van der Waals surface area contributed by atoms with Crippen molar-refractivity contribution < 1.29 is 23.9 Å². The van der Waals surface area contributed by atoms with Crippen molar-refractivity contribution in [2.45, 2.75) is 6.92 Å². The molecule has 0 fully saturated rings. The van der Waals surface area contributed by atoms with Gasteiger partial charge in [-0.25, -0.2) is 19.7 Å². The molecule has 10 heteroatoms. The van der Waals surface area contributed by atoms with Crippen molar-refractivity contribution in [2.24, 2.45) is 5.73 Å². The Kier molecular flexibility index (Phi) is 6.61. The first kappa shape index (κ1) is 21.5. The molecule has 0 spiro atoms. The van der Waals surface area contributed by atoms with Crippen molar-refractivity contribution >= 4 is 40.2 Å². The van der Waals surface area contributed by atoms with Crippen molar-refractivity contribution in [3.8, 4) is 0 Å². The molecule has 0 aliphatic rings. The zero-order chi connectivity index (χ0) is 22.4. The second-order valence-corrected chi connectivity index (χ2v) is 6.79. The number of carbonyl (C=O) groups is 2. The van der Waals surface area contributed by atoms with E-state index in [2.05, 4.69) is 27.2 Å². The predicted molar refractivity (Wildman–Crippen MR) is 115 cm³/mol. The summed E-state index contributed by atoms with van der Waals surface area (Å²) in [7, 11) is 1.83. The van der Waals surface area contributed by atoms with Crippen LogP contribution in [-0.2, 0) is 9.53 Å². The molecule has 4 N–H and O–H groups in total. The molecule has 0 saturated carbocycles. The fourth-order valence-corrected chi connectivity index (χ4v) is 2.74. The number of hydrogen-bond acceptors (Lipinski definition) is 7. The molecule has 0 saturated heterocycles. The molecule has 0 unspecified atom stereocenters. The summed E-state index contributed by atoms with van der Waals surface area (Å²) in [6.45, 7) is 5.75. The third kappa shape index (κ3) is 5.24. The quantitative estimate of drug-likeness (QED) is 0.213. The average molecular weight is 423 g/mol. The van der Waals surface area contributed by atoms with E-state index < -0.39 is 5.97 Å². The highest BCUT2D eigenvalue weighted by molar-refractivity contribution is 6.04. The molecule has 0 radical (unpaired) electrons. The number of nitrogens with two attached hydrogens (primary N) is 1. The molecule has 3 aromatic rings. The molecule has 160 valence electrons. The highest BCUT2D eigenvalue weighted by atomic mass is 16.6. The fraction of sp³-hybridized carbons (Fsp3) is 0.190. The summed E-state index contributed by atoms with van der Waals surface area (Å²) in [5.74, 6) is -0.753. The number of rotatable bonds is 7. The maximum atomic E-state index is 12.2. The van der Waals surface area contributed by atoms with Crippen LogP contribution in [0.4, 0.5) is 11.4 Å². The number of fused-ring (bicyclic) bond motifs is 1. The van der Waals surface area contributed by atoms with Gasteiger partial charge in [-0.3, -0.25) is 10.5 Å². The standard InChI is InChI=1S/C21H22N6O4/c1-13(2)20(29)30-12-11-27(3)16-10-9-15(17-18(16)26-31-25-17)23-21(22)24-19(28)14-7-5-4-6-8-14/h4-10H,1,11-12H2,2-3H3,(H3,22,23,24,28)/p+1. The third-order valence-corrected chi connectivity index (χ3v) is 4.37. The molecule has 0 atom stereocenters. The average Bonchev–Trinajstić information content (AvgIpc) is 3.24. The number of amides is 1. The number of likely N-dealkylation sites (N-methyl/N-ethyl adjacent to an activating group) is 1. The molecule has 1 aromatic heterocycles. The lowest BCUT2D eigenvalue weighted by molar-refractivity contribution is -0.355. The van der Waals surface area contributed by atoms with E-state index in [0.29, 0.717) is 34.4 Å². The van der Waals surface area contributed by atoms with Crippen LogP contribution in [0.3, 0.4) is 0 Å². The zero-order valence-corrected chi connectivity index (χ0v) is 17.2. The lowest BCUT2D eigenvalue weighted by atomic mass is 10.2. The zero-order valence-electron chi connectivity index (χ0n) is 17.2. The van der Waals surface area contributed by atoms with Gasteiger partial charge in [-0.15, -0.1) is 0 Å². The van der Waals surface area contributed by atoms with E-state index in [-0.39, 0.29) is 18.5 Å². The molecular formula is C21H23N6O4+. The number of carbonyl (C=O) groups excluding carboxylic acids is 2. The minimum Gasteiger partial charge on any atom is -0.460 e. The second kappa shape index (κ2) is 9.53. The summed E-state index contributed by atoms with van der Waals surface area (Å²) in [5, 5.41) is 10.5.